The molecule has 0 aliphatic heterocycles. The second-order valence-electron chi connectivity index (χ2n) is 4.02. The van der Waals surface area contributed by atoms with Crippen molar-refractivity contribution in [2.75, 3.05) is 12.9 Å². The first-order valence-electron chi connectivity index (χ1n) is 5.66. The van der Waals surface area contributed by atoms with Gasteiger partial charge in [-0.2, -0.15) is 0 Å². The fraction of sp³-hybridized carbons (Fsp3) is 0.286. The molecule has 2 rings (SSSR count). The summed E-state index contributed by atoms with van der Waals surface area (Å²) >= 11 is 5.78. The predicted octanol–water partition coefficient (Wildman–Crippen LogP) is 3.66. The van der Waals surface area contributed by atoms with Crippen molar-refractivity contribution in [3.05, 3.63) is 42.7 Å². The van der Waals surface area contributed by atoms with Crippen LogP contribution in [0.15, 0.2) is 41.5 Å². The maximum atomic E-state index is 5.78. The molecular formula is C14H16ClNO. The van der Waals surface area contributed by atoms with Crippen molar-refractivity contribution in [2.24, 2.45) is 0 Å². The normalized spacial score (nSPS) is 12.8. The lowest BCUT2D eigenvalue weighted by atomic mass is 9.98. The molecule has 17 heavy (non-hydrogen) atoms. The molecule has 1 unspecified atom stereocenters. The molecule has 1 heterocycles. The van der Waals surface area contributed by atoms with Crippen LogP contribution in [0.2, 0.25) is 0 Å². The number of benzene rings is 1. The Morgan fingerprint density at radius 1 is 1.47 bits per heavy atom. The maximum absolute atomic E-state index is 5.78. The molecule has 1 atom stereocenters. The third-order valence-corrected chi connectivity index (χ3v) is 3.21. The summed E-state index contributed by atoms with van der Waals surface area (Å²) < 4.78 is 5.39. The highest BCUT2D eigenvalue weighted by molar-refractivity contribution is 6.17. The van der Waals surface area contributed by atoms with E-state index in [4.69, 9.17) is 16.0 Å². The summed E-state index contributed by atoms with van der Waals surface area (Å²) in [4.78, 5) is 0. The molecule has 1 aromatic heterocycles. The van der Waals surface area contributed by atoms with Crippen molar-refractivity contribution in [3.63, 3.8) is 0 Å². The quantitative estimate of drug-likeness (QED) is 0.818. The predicted molar refractivity (Wildman–Crippen MR) is 73.4 cm³/mol. The standard InChI is InChI=1S/C14H16ClNO/c1-10(13(16-2)5-7-15)12-4-3-11-6-8-17-14(11)9-12/h3-4,6,8-9,13,16H,1,5,7H2,2H3. The van der Waals surface area contributed by atoms with E-state index in [0.717, 1.165) is 28.5 Å². The van der Waals surface area contributed by atoms with Crippen molar-refractivity contribution in [3.8, 4) is 0 Å². The van der Waals surface area contributed by atoms with Gasteiger partial charge >= 0.3 is 0 Å². The molecular weight excluding hydrogens is 234 g/mol. The Labute approximate surface area is 106 Å². The van der Waals surface area contributed by atoms with E-state index in [1.165, 1.54) is 0 Å². The Balaban J connectivity index is 2.28. The Hall–Kier alpha value is -1.25. The van der Waals surface area contributed by atoms with E-state index in [-0.39, 0.29) is 6.04 Å². The summed E-state index contributed by atoms with van der Waals surface area (Å²) in [6.07, 6.45) is 2.57. The van der Waals surface area contributed by atoms with Gasteiger partial charge in [-0.25, -0.2) is 0 Å². The molecule has 0 aliphatic rings. The highest BCUT2D eigenvalue weighted by atomic mass is 35.5. The van der Waals surface area contributed by atoms with Gasteiger partial charge in [0.25, 0.3) is 0 Å². The number of alkyl halides is 1. The Morgan fingerprint density at radius 3 is 3.00 bits per heavy atom. The molecule has 0 bridgehead atoms. The smallest absolute Gasteiger partial charge is 0.134 e. The summed E-state index contributed by atoms with van der Waals surface area (Å²) in [6, 6.07) is 8.30. The van der Waals surface area contributed by atoms with Crippen molar-refractivity contribution in [1.82, 2.24) is 5.32 Å². The first-order chi connectivity index (χ1) is 8.26. The highest BCUT2D eigenvalue weighted by Crippen LogP contribution is 2.24. The SMILES string of the molecule is C=C(c1ccc2ccoc2c1)C(CCCl)NC. The molecule has 1 N–H and O–H groups in total. The minimum absolute atomic E-state index is 0.208. The lowest BCUT2D eigenvalue weighted by Gasteiger charge is -2.18. The number of hydrogen-bond donors (Lipinski definition) is 1. The molecule has 2 nitrogen and oxygen atoms in total. The molecule has 2 aromatic rings. The lowest BCUT2D eigenvalue weighted by molar-refractivity contribution is 0.615. The van der Waals surface area contributed by atoms with Crippen LogP contribution in [0, 0.1) is 0 Å². The van der Waals surface area contributed by atoms with E-state index in [1.807, 2.05) is 25.2 Å². The average molecular weight is 250 g/mol. The van der Waals surface area contributed by atoms with Crippen molar-refractivity contribution in [2.45, 2.75) is 12.5 Å². The zero-order valence-electron chi connectivity index (χ0n) is 9.87. The van der Waals surface area contributed by atoms with Gasteiger partial charge in [0.15, 0.2) is 0 Å². The van der Waals surface area contributed by atoms with E-state index in [1.54, 1.807) is 6.26 Å². The highest BCUT2D eigenvalue weighted by Gasteiger charge is 2.12. The van der Waals surface area contributed by atoms with Crippen LogP contribution < -0.4 is 5.32 Å². The second kappa shape index (κ2) is 5.39. The van der Waals surface area contributed by atoms with Crippen LogP contribution >= 0.6 is 11.6 Å². The summed E-state index contributed by atoms with van der Waals surface area (Å²) in [5, 5.41) is 4.34. The van der Waals surface area contributed by atoms with E-state index < -0.39 is 0 Å². The zero-order valence-corrected chi connectivity index (χ0v) is 10.6. The van der Waals surface area contributed by atoms with Gasteiger partial charge in [-0.15, -0.1) is 11.6 Å². The van der Waals surface area contributed by atoms with Gasteiger partial charge in [0.2, 0.25) is 0 Å². The summed E-state index contributed by atoms with van der Waals surface area (Å²) in [5.74, 6) is 0.619. The van der Waals surface area contributed by atoms with Crippen LogP contribution in [0.5, 0.6) is 0 Å². The zero-order chi connectivity index (χ0) is 12.3. The number of likely N-dealkylation sites (N-methyl/N-ethyl adjacent to an activating group) is 1. The van der Waals surface area contributed by atoms with E-state index >= 15 is 0 Å². The van der Waals surface area contributed by atoms with Crippen LogP contribution in [-0.4, -0.2) is 19.0 Å². The Kier molecular flexibility index (Phi) is 3.87. The molecule has 0 aliphatic carbocycles. The topological polar surface area (TPSA) is 25.2 Å². The molecule has 0 radical (unpaired) electrons. The molecule has 0 saturated heterocycles. The monoisotopic (exact) mass is 249 g/mol. The van der Waals surface area contributed by atoms with E-state index in [0.29, 0.717) is 5.88 Å². The average Bonchev–Trinajstić information content (AvgIpc) is 2.82. The molecule has 90 valence electrons. The number of furan rings is 1. The van der Waals surface area contributed by atoms with Crippen molar-refractivity contribution >= 4 is 28.1 Å². The second-order valence-corrected chi connectivity index (χ2v) is 4.40. The first-order valence-corrected chi connectivity index (χ1v) is 6.19. The molecule has 3 heteroatoms. The van der Waals surface area contributed by atoms with Crippen LogP contribution in [-0.2, 0) is 0 Å². The van der Waals surface area contributed by atoms with Gasteiger partial charge in [0, 0.05) is 17.3 Å². The fourth-order valence-electron chi connectivity index (χ4n) is 1.96. The third-order valence-electron chi connectivity index (χ3n) is 2.99. The lowest BCUT2D eigenvalue weighted by Crippen LogP contribution is -2.26. The minimum atomic E-state index is 0.208. The van der Waals surface area contributed by atoms with Crippen LogP contribution in [0.3, 0.4) is 0 Å². The molecule has 0 saturated carbocycles. The summed E-state index contributed by atoms with van der Waals surface area (Å²) in [6.45, 7) is 4.14. The molecule has 1 aromatic carbocycles. The Bertz CT molecular complexity index is 518. The molecule has 0 amide bonds. The fourth-order valence-corrected chi connectivity index (χ4v) is 2.18. The summed E-state index contributed by atoms with van der Waals surface area (Å²) in [7, 11) is 1.92. The van der Waals surface area contributed by atoms with Gasteiger partial charge in [0.1, 0.15) is 5.58 Å². The number of halogens is 1. The first kappa shape index (κ1) is 12.2. The van der Waals surface area contributed by atoms with E-state index in [2.05, 4.69) is 18.0 Å². The van der Waals surface area contributed by atoms with Crippen LogP contribution in [0.25, 0.3) is 16.5 Å². The maximum Gasteiger partial charge on any atom is 0.134 e. The van der Waals surface area contributed by atoms with Gasteiger partial charge in [0.05, 0.1) is 6.26 Å². The van der Waals surface area contributed by atoms with Crippen LogP contribution in [0.4, 0.5) is 0 Å². The van der Waals surface area contributed by atoms with Crippen molar-refractivity contribution < 1.29 is 4.42 Å². The van der Waals surface area contributed by atoms with Gasteiger partial charge in [-0.3, -0.25) is 0 Å². The van der Waals surface area contributed by atoms with Gasteiger partial charge in [-0.05, 0) is 36.7 Å². The Morgan fingerprint density at radius 2 is 2.29 bits per heavy atom. The number of fused-ring (bicyclic) bond motifs is 1. The largest absolute Gasteiger partial charge is 0.464 e. The van der Waals surface area contributed by atoms with Gasteiger partial charge in [-0.1, -0.05) is 18.7 Å². The van der Waals surface area contributed by atoms with Crippen molar-refractivity contribution in [1.29, 1.82) is 0 Å². The van der Waals surface area contributed by atoms with Crippen LogP contribution in [0.1, 0.15) is 12.0 Å². The summed E-state index contributed by atoms with van der Waals surface area (Å²) in [5.41, 5.74) is 3.03. The van der Waals surface area contributed by atoms with E-state index in [9.17, 15) is 0 Å². The third kappa shape index (κ3) is 2.54. The number of nitrogens with one attached hydrogen (secondary N) is 1. The molecule has 0 fully saturated rings. The van der Waals surface area contributed by atoms with Gasteiger partial charge < -0.3 is 9.73 Å². The number of hydrogen-bond acceptors (Lipinski definition) is 2. The minimum Gasteiger partial charge on any atom is -0.464 e. The molecule has 0 spiro atoms. The number of rotatable bonds is 5.